The maximum atomic E-state index is 12.5. The first-order valence-electron chi connectivity index (χ1n) is 11.7. The number of carbonyl (C=O) groups excluding carboxylic acids is 2. The third-order valence-corrected chi connectivity index (χ3v) is 6.67. The zero-order valence-electron chi connectivity index (χ0n) is 19.2. The van der Waals surface area contributed by atoms with Gasteiger partial charge in [0.25, 0.3) is 0 Å². The number of carbonyl (C=O) groups is 2. The predicted molar refractivity (Wildman–Crippen MR) is 132 cm³/mol. The monoisotopic (exact) mass is 459 g/mol. The van der Waals surface area contributed by atoms with E-state index >= 15 is 0 Å². The van der Waals surface area contributed by atoms with E-state index in [0.29, 0.717) is 31.6 Å². The summed E-state index contributed by atoms with van der Waals surface area (Å²) in [4.78, 5) is 30.5. The molecule has 2 aromatic carbocycles. The van der Waals surface area contributed by atoms with Crippen LogP contribution < -0.4 is 16.0 Å². The molecule has 8 nitrogen and oxygen atoms in total. The van der Waals surface area contributed by atoms with Crippen LogP contribution in [0.4, 0.5) is 21.1 Å². The number of aryl methyl sites for hydroxylation is 1. The highest BCUT2D eigenvalue weighted by Gasteiger charge is 2.24. The number of rotatable bonds is 4. The number of amides is 3. The van der Waals surface area contributed by atoms with Crippen LogP contribution in [-0.4, -0.2) is 48.2 Å². The summed E-state index contributed by atoms with van der Waals surface area (Å²) in [6.07, 6.45) is 3.23. The van der Waals surface area contributed by atoms with E-state index in [9.17, 15) is 9.59 Å². The van der Waals surface area contributed by atoms with Crippen molar-refractivity contribution in [3.63, 3.8) is 0 Å². The van der Waals surface area contributed by atoms with E-state index in [-0.39, 0.29) is 24.2 Å². The quantitative estimate of drug-likeness (QED) is 0.526. The molecule has 0 radical (unpaired) electrons. The lowest BCUT2D eigenvalue weighted by Crippen LogP contribution is -2.47. The Kier molecular flexibility index (Phi) is 6.20. The molecule has 34 heavy (non-hydrogen) atoms. The van der Waals surface area contributed by atoms with Gasteiger partial charge in [-0.25, -0.2) is 14.6 Å². The number of nitrogens with one attached hydrogen (secondary N) is 3. The van der Waals surface area contributed by atoms with Gasteiger partial charge < -0.3 is 25.6 Å². The maximum Gasteiger partial charge on any atom is 0.409 e. The number of nitrogens with zero attached hydrogens (tertiary/aromatic N) is 2. The van der Waals surface area contributed by atoms with Crippen molar-refractivity contribution in [2.45, 2.75) is 37.8 Å². The van der Waals surface area contributed by atoms with Crippen LogP contribution >= 0.6 is 0 Å². The summed E-state index contributed by atoms with van der Waals surface area (Å²) in [5, 5.41) is 10.4. The van der Waals surface area contributed by atoms with Gasteiger partial charge in [0.15, 0.2) is 0 Å². The van der Waals surface area contributed by atoms with Gasteiger partial charge >= 0.3 is 12.1 Å². The van der Waals surface area contributed by atoms with E-state index in [1.165, 1.54) is 18.2 Å². The first-order chi connectivity index (χ1) is 16.6. The first-order valence-corrected chi connectivity index (χ1v) is 11.7. The summed E-state index contributed by atoms with van der Waals surface area (Å²) in [6, 6.07) is 18.3. The number of hydrogen-bond donors (Lipinski definition) is 3. The summed E-state index contributed by atoms with van der Waals surface area (Å²) >= 11 is 0. The minimum Gasteiger partial charge on any atom is -0.453 e. The molecule has 1 aliphatic heterocycles. The van der Waals surface area contributed by atoms with Crippen LogP contribution in [0.15, 0.2) is 54.6 Å². The molecule has 8 heteroatoms. The highest BCUT2D eigenvalue weighted by atomic mass is 16.5. The minimum atomic E-state index is -0.320. The fourth-order valence-electron chi connectivity index (χ4n) is 4.86. The summed E-state index contributed by atoms with van der Waals surface area (Å²) in [7, 11) is 1.38. The molecule has 1 atom stereocenters. The number of methoxy groups -OCH3 is 1. The SMILES string of the molecule is COC(=O)N1CCC(NC(=O)Nc2ccc3nc(N[C@@H]4CCc5ccccc54)ccc3c2)CC1. The Hall–Kier alpha value is -3.81. The van der Waals surface area contributed by atoms with Crippen LogP contribution in [0.1, 0.15) is 36.4 Å². The van der Waals surface area contributed by atoms with Crippen molar-refractivity contribution in [2.75, 3.05) is 30.8 Å². The summed E-state index contributed by atoms with van der Waals surface area (Å²) in [5.74, 6) is 0.853. The van der Waals surface area contributed by atoms with Gasteiger partial charge in [-0.1, -0.05) is 24.3 Å². The molecule has 176 valence electrons. The zero-order valence-corrected chi connectivity index (χ0v) is 19.2. The minimum absolute atomic E-state index is 0.0254. The van der Waals surface area contributed by atoms with Gasteiger partial charge in [-0.3, -0.25) is 0 Å². The first kappa shape index (κ1) is 22.0. The normalized spacial score (nSPS) is 17.8. The number of ether oxygens (including phenoxy) is 1. The number of anilines is 2. The van der Waals surface area contributed by atoms with Crippen LogP contribution in [0.25, 0.3) is 10.9 Å². The van der Waals surface area contributed by atoms with E-state index in [1.807, 2.05) is 30.3 Å². The van der Waals surface area contributed by atoms with Gasteiger partial charge in [-0.2, -0.15) is 0 Å². The van der Waals surface area contributed by atoms with E-state index < -0.39 is 0 Å². The number of benzene rings is 2. The Balaban J connectivity index is 1.18. The summed E-state index contributed by atoms with van der Waals surface area (Å²) < 4.78 is 4.75. The zero-order chi connectivity index (χ0) is 23.5. The molecule has 2 heterocycles. The van der Waals surface area contributed by atoms with Crippen molar-refractivity contribution in [3.8, 4) is 0 Å². The summed E-state index contributed by atoms with van der Waals surface area (Å²) in [5.41, 5.74) is 4.34. The second-order valence-corrected chi connectivity index (χ2v) is 8.87. The third kappa shape index (κ3) is 4.76. The molecule has 0 bridgehead atoms. The van der Waals surface area contributed by atoms with Crippen LogP contribution in [0.3, 0.4) is 0 Å². The largest absolute Gasteiger partial charge is 0.453 e. The van der Waals surface area contributed by atoms with Crippen LogP contribution in [0.5, 0.6) is 0 Å². The fourth-order valence-corrected chi connectivity index (χ4v) is 4.86. The number of likely N-dealkylation sites (tertiary alicyclic amines) is 1. The van der Waals surface area contributed by atoms with Gasteiger partial charge in [-0.05, 0) is 67.1 Å². The Bertz CT molecular complexity index is 1210. The molecule has 0 spiro atoms. The molecule has 1 saturated heterocycles. The molecule has 1 aliphatic carbocycles. The number of pyridine rings is 1. The Morgan fingerprint density at radius 3 is 2.68 bits per heavy atom. The average molecular weight is 460 g/mol. The van der Waals surface area contributed by atoms with Crippen molar-refractivity contribution >= 4 is 34.5 Å². The smallest absolute Gasteiger partial charge is 0.409 e. The molecular formula is C26H29N5O3. The van der Waals surface area contributed by atoms with Gasteiger partial charge in [-0.15, -0.1) is 0 Å². The van der Waals surface area contributed by atoms with Crippen LogP contribution in [0, 0.1) is 0 Å². The lowest BCUT2D eigenvalue weighted by Gasteiger charge is -2.31. The van der Waals surface area contributed by atoms with E-state index in [0.717, 1.165) is 29.6 Å². The molecule has 0 unspecified atom stereocenters. The number of hydrogen-bond acceptors (Lipinski definition) is 5. The molecular weight excluding hydrogens is 430 g/mol. The Labute approximate surface area is 198 Å². The molecule has 3 N–H and O–H groups in total. The number of piperidine rings is 1. The molecule has 3 amide bonds. The highest BCUT2D eigenvalue weighted by Crippen LogP contribution is 2.33. The molecule has 0 saturated carbocycles. The van der Waals surface area contributed by atoms with Crippen molar-refractivity contribution in [1.82, 2.24) is 15.2 Å². The summed E-state index contributed by atoms with van der Waals surface area (Å²) in [6.45, 7) is 1.14. The van der Waals surface area contributed by atoms with Gasteiger partial charge in [0.2, 0.25) is 0 Å². The average Bonchev–Trinajstić information content (AvgIpc) is 3.27. The second-order valence-electron chi connectivity index (χ2n) is 8.87. The van der Waals surface area contributed by atoms with Crippen molar-refractivity contribution in [3.05, 3.63) is 65.7 Å². The fraction of sp³-hybridized carbons (Fsp3) is 0.346. The molecule has 1 fully saturated rings. The Morgan fingerprint density at radius 1 is 1.03 bits per heavy atom. The van der Waals surface area contributed by atoms with E-state index in [2.05, 4.69) is 40.2 Å². The lowest BCUT2D eigenvalue weighted by atomic mass is 10.1. The standard InChI is InChI=1S/C26H29N5O3/c1-34-26(33)31-14-12-19(13-15-31)27-25(32)28-20-8-10-22-18(16-20)7-11-24(29-22)30-23-9-6-17-4-2-3-5-21(17)23/h2-5,7-8,10-11,16,19,23H,6,9,12-15H2,1H3,(H,29,30)(H2,27,28,32)/t23-/m1/s1. The molecule has 1 aromatic heterocycles. The number of aromatic nitrogens is 1. The van der Waals surface area contributed by atoms with Gasteiger partial charge in [0, 0.05) is 30.2 Å². The predicted octanol–water partition coefficient (Wildman–Crippen LogP) is 4.69. The van der Waals surface area contributed by atoms with Gasteiger partial charge in [0.1, 0.15) is 5.82 Å². The van der Waals surface area contributed by atoms with E-state index in [1.54, 1.807) is 4.90 Å². The third-order valence-electron chi connectivity index (χ3n) is 6.67. The topological polar surface area (TPSA) is 95.6 Å². The highest BCUT2D eigenvalue weighted by molar-refractivity contribution is 5.93. The van der Waals surface area contributed by atoms with Gasteiger partial charge in [0.05, 0.1) is 18.7 Å². The Morgan fingerprint density at radius 2 is 1.85 bits per heavy atom. The second kappa shape index (κ2) is 9.59. The van der Waals surface area contributed by atoms with E-state index in [4.69, 9.17) is 9.72 Å². The maximum absolute atomic E-state index is 12.5. The van der Waals surface area contributed by atoms with Crippen molar-refractivity contribution in [1.29, 1.82) is 0 Å². The van der Waals surface area contributed by atoms with Crippen molar-refractivity contribution < 1.29 is 14.3 Å². The lowest BCUT2D eigenvalue weighted by molar-refractivity contribution is 0.110. The van der Waals surface area contributed by atoms with Crippen LogP contribution in [-0.2, 0) is 11.2 Å². The van der Waals surface area contributed by atoms with Crippen molar-refractivity contribution in [2.24, 2.45) is 0 Å². The number of urea groups is 1. The molecule has 3 aromatic rings. The van der Waals surface area contributed by atoms with Crippen LogP contribution in [0.2, 0.25) is 0 Å². The molecule has 2 aliphatic rings. The molecule has 5 rings (SSSR count). The number of fused-ring (bicyclic) bond motifs is 2.